The Hall–Kier alpha value is -1.27. The molecule has 84 valence electrons. The molecule has 2 nitrogen and oxygen atoms in total. The number of aromatic nitrogens is 1. The SMILES string of the molecule is N#Cc1ncc(Cl)cc1-c1c(Cl)cccc1Cl. The van der Waals surface area contributed by atoms with Gasteiger partial charge in [0.15, 0.2) is 0 Å². The van der Waals surface area contributed by atoms with Gasteiger partial charge in [-0.3, -0.25) is 0 Å². The van der Waals surface area contributed by atoms with Crippen LogP contribution >= 0.6 is 34.8 Å². The van der Waals surface area contributed by atoms with Crippen molar-refractivity contribution >= 4 is 34.8 Å². The predicted molar refractivity (Wildman–Crippen MR) is 69.4 cm³/mol. The number of hydrogen-bond acceptors (Lipinski definition) is 2. The van der Waals surface area contributed by atoms with Gasteiger partial charge < -0.3 is 0 Å². The molecule has 0 amide bonds. The monoisotopic (exact) mass is 282 g/mol. The van der Waals surface area contributed by atoms with E-state index in [0.29, 0.717) is 26.2 Å². The first-order valence-electron chi connectivity index (χ1n) is 4.63. The van der Waals surface area contributed by atoms with E-state index in [-0.39, 0.29) is 5.69 Å². The molecule has 1 aromatic carbocycles. The zero-order chi connectivity index (χ0) is 12.4. The molecule has 0 saturated carbocycles. The zero-order valence-electron chi connectivity index (χ0n) is 8.42. The fourth-order valence-corrected chi connectivity index (χ4v) is 2.23. The number of pyridine rings is 1. The van der Waals surface area contributed by atoms with E-state index in [0.717, 1.165) is 0 Å². The molecular formula is C12H5Cl3N2. The Morgan fingerprint density at radius 2 is 1.76 bits per heavy atom. The molecule has 0 saturated heterocycles. The van der Waals surface area contributed by atoms with Crippen LogP contribution in [-0.4, -0.2) is 4.98 Å². The predicted octanol–water partition coefficient (Wildman–Crippen LogP) is 4.58. The summed E-state index contributed by atoms with van der Waals surface area (Å²) in [5.41, 5.74) is 1.35. The molecule has 0 radical (unpaired) electrons. The molecule has 0 atom stereocenters. The molecule has 2 rings (SSSR count). The summed E-state index contributed by atoms with van der Waals surface area (Å²) in [7, 11) is 0. The van der Waals surface area contributed by atoms with Crippen molar-refractivity contribution in [3.8, 4) is 17.2 Å². The van der Waals surface area contributed by atoms with Gasteiger partial charge in [0, 0.05) is 27.4 Å². The van der Waals surface area contributed by atoms with E-state index in [1.54, 1.807) is 24.3 Å². The molecule has 0 unspecified atom stereocenters. The summed E-state index contributed by atoms with van der Waals surface area (Å²) in [6.07, 6.45) is 1.41. The molecule has 1 aromatic heterocycles. The van der Waals surface area contributed by atoms with E-state index in [1.165, 1.54) is 6.20 Å². The van der Waals surface area contributed by atoms with Crippen molar-refractivity contribution in [1.82, 2.24) is 4.98 Å². The Kier molecular flexibility index (Phi) is 3.54. The normalized spacial score (nSPS) is 10.0. The second-order valence-corrected chi connectivity index (χ2v) is 4.51. The van der Waals surface area contributed by atoms with Crippen LogP contribution < -0.4 is 0 Å². The summed E-state index contributed by atoms with van der Waals surface area (Å²) < 4.78 is 0. The van der Waals surface area contributed by atoms with Crippen LogP contribution in [0.25, 0.3) is 11.1 Å². The Bertz CT molecular complexity index is 597. The van der Waals surface area contributed by atoms with Gasteiger partial charge in [0.1, 0.15) is 11.8 Å². The van der Waals surface area contributed by atoms with Crippen LogP contribution in [0.1, 0.15) is 5.69 Å². The van der Waals surface area contributed by atoms with Crippen LogP contribution in [0.4, 0.5) is 0 Å². The highest BCUT2D eigenvalue weighted by molar-refractivity contribution is 6.39. The van der Waals surface area contributed by atoms with E-state index in [9.17, 15) is 0 Å². The summed E-state index contributed by atoms with van der Waals surface area (Å²) in [5, 5.41) is 10.3. The first kappa shape index (κ1) is 12.2. The van der Waals surface area contributed by atoms with Crippen molar-refractivity contribution < 1.29 is 0 Å². The molecule has 0 fully saturated rings. The minimum absolute atomic E-state index is 0.240. The zero-order valence-corrected chi connectivity index (χ0v) is 10.7. The van der Waals surface area contributed by atoms with Crippen LogP contribution in [0, 0.1) is 11.3 Å². The van der Waals surface area contributed by atoms with Gasteiger partial charge in [-0.25, -0.2) is 4.98 Å². The lowest BCUT2D eigenvalue weighted by atomic mass is 10.0. The van der Waals surface area contributed by atoms with Crippen molar-refractivity contribution in [1.29, 1.82) is 5.26 Å². The molecule has 0 N–H and O–H groups in total. The molecule has 0 spiro atoms. The average Bonchev–Trinajstić information content (AvgIpc) is 2.29. The highest BCUT2D eigenvalue weighted by Crippen LogP contribution is 2.36. The molecule has 0 aliphatic rings. The number of nitriles is 1. The van der Waals surface area contributed by atoms with Gasteiger partial charge in [-0.05, 0) is 18.2 Å². The van der Waals surface area contributed by atoms with Crippen molar-refractivity contribution in [2.24, 2.45) is 0 Å². The second-order valence-electron chi connectivity index (χ2n) is 3.26. The first-order valence-corrected chi connectivity index (χ1v) is 5.77. The third-order valence-electron chi connectivity index (χ3n) is 2.19. The van der Waals surface area contributed by atoms with Crippen molar-refractivity contribution in [2.75, 3.05) is 0 Å². The number of nitrogens with zero attached hydrogens (tertiary/aromatic N) is 2. The van der Waals surface area contributed by atoms with Gasteiger partial charge in [0.25, 0.3) is 0 Å². The Morgan fingerprint density at radius 1 is 1.12 bits per heavy atom. The second kappa shape index (κ2) is 4.93. The lowest BCUT2D eigenvalue weighted by molar-refractivity contribution is 1.26. The molecule has 0 aliphatic carbocycles. The Balaban J connectivity index is 2.77. The third kappa shape index (κ3) is 2.37. The lowest BCUT2D eigenvalue weighted by Gasteiger charge is -2.08. The average molecular weight is 284 g/mol. The summed E-state index contributed by atoms with van der Waals surface area (Å²) >= 11 is 18.0. The molecule has 0 aliphatic heterocycles. The van der Waals surface area contributed by atoms with Gasteiger partial charge in [-0.15, -0.1) is 0 Å². The lowest BCUT2D eigenvalue weighted by Crippen LogP contribution is -1.90. The van der Waals surface area contributed by atoms with Crippen LogP contribution in [0.5, 0.6) is 0 Å². The van der Waals surface area contributed by atoms with Crippen molar-refractivity contribution in [3.63, 3.8) is 0 Å². The molecule has 5 heteroatoms. The van der Waals surface area contributed by atoms with Crippen molar-refractivity contribution in [3.05, 3.63) is 51.2 Å². The number of halogens is 3. The maximum atomic E-state index is 9.01. The maximum absolute atomic E-state index is 9.01. The standard InChI is InChI=1S/C12H5Cl3N2/c13-7-4-8(11(5-16)17-6-7)12-9(14)2-1-3-10(12)15/h1-4,6H. The third-order valence-corrected chi connectivity index (χ3v) is 3.03. The maximum Gasteiger partial charge on any atom is 0.148 e. The van der Waals surface area contributed by atoms with Gasteiger partial charge in [-0.1, -0.05) is 40.9 Å². The summed E-state index contributed by atoms with van der Waals surface area (Å²) in [6, 6.07) is 8.75. The van der Waals surface area contributed by atoms with E-state index in [4.69, 9.17) is 40.1 Å². The molecule has 2 aromatic rings. The number of rotatable bonds is 1. The van der Waals surface area contributed by atoms with E-state index in [2.05, 4.69) is 4.98 Å². The summed E-state index contributed by atoms with van der Waals surface area (Å²) in [6.45, 7) is 0. The van der Waals surface area contributed by atoms with Crippen LogP contribution in [-0.2, 0) is 0 Å². The number of benzene rings is 1. The Labute approximate surface area is 113 Å². The minimum Gasteiger partial charge on any atom is -0.243 e. The van der Waals surface area contributed by atoms with E-state index in [1.807, 2.05) is 6.07 Å². The quantitative estimate of drug-likeness (QED) is 0.768. The molecular weight excluding hydrogens is 279 g/mol. The van der Waals surface area contributed by atoms with E-state index >= 15 is 0 Å². The Morgan fingerprint density at radius 3 is 2.35 bits per heavy atom. The fourth-order valence-electron chi connectivity index (χ4n) is 1.47. The van der Waals surface area contributed by atoms with E-state index < -0.39 is 0 Å². The minimum atomic E-state index is 0.240. The van der Waals surface area contributed by atoms with Gasteiger partial charge in [0.05, 0.1) is 5.02 Å². The summed E-state index contributed by atoms with van der Waals surface area (Å²) in [4.78, 5) is 3.94. The van der Waals surface area contributed by atoms with Gasteiger partial charge in [-0.2, -0.15) is 5.26 Å². The van der Waals surface area contributed by atoms with Crippen LogP contribution in [0.3, 0.4) is 0 Å². The molecule has 1 heterocycles. The molecule has 17 heavy (non-hydrogen) atoms. The van der Waals surface area contributed by atoms with Crippen LogP contribution in [0.15, 0.2) is 30.5 Å². The van der Waals surface area contributed by atoms with Gasteiger partial charge >= 0.3 is 0 Å². The van der Waals surface area contributed by atoms with Crippen LogP contribution in [0.2, 0.25) is 15.1 Å². The highest BCUT2D eigenvalue weighted by atomic mass is 35.5. The molecule has 0 bridgehead atoms. The largest absolute Gasteiger partial charge is 0.243 e. The van der Waals surface area contributed by atoms with Gasteiger partial charge in [0.2, 0.25) is 0 Å². The smallest absolute Gasteiger partial charge is 0.148 e. The first-order chi connectivity index (χ1) is 8.13. The fraction of sp³-hybridized carbons (Fsp3) is 0. The number of hydrogen-bond donors (Lipinski definition) is 0. The highest BCUT2D eigenvalue weighted by Gasteiger charge is 2.13. The topological polar surface area (TPSA) is 36.7 Å². The summed E-state index contributed by atoms with van der Waals surface area (Å²) in [5.74, 6) is 0. The van der Waals surface area contributed by atoms with Crippen molar-refractivity contribution in [2.45, 2.75) is 0 Å².